The van der Waals surface area contributed by atoms with Crippen molar-refractivity contribution in [3.05, 3.63) is 34.9 Å². The van der Waals surface area contributed by atoms with Crippen LogP contribution in [-0.4, -0.2) is 41.9 Å². The van der Waals surface area contributed by atoms with Gasteiger partial charge in [-0.25, -0.2) is 0 Å². The summed E-state index contributed by atoms with van der Waals surface area (Å²) < 4.78 is 0. The predicted octanol–water partition coefficient (Wildman–Crippen LogP) is 3.56. The largest absolute Gasteiger partial charge is 0.342 e. The van der Waals surface area contributed by atoms with Crippen molar-refractivity contribution < 1.29 is 4.79 Å². The van der Waals surface area contributed by atoms with Crippen LogP contribution in [0, 0.1) is 5.92 Å². The minimum atomic E-state index is 0.186. The lowest BCUT2D eigenvalue weighted by Crippen LogP contribution is -2.46. The Morgan fingerprint density at radius 2 is 1.95 bits per heavy atom. The van der Waals surface area contributed by atoms with Crippen LogP contribution in [0.2, 0.25) is 5.02 Å². The maximum Gasteiger partial charge on any atom is 0.226 e. The molecule has 2 aliphatic rings. The minimum absolute atomic E-state index is 0.186. The van der Waals surface area contributed by atoms with Gasteiger partial charge in [0.05, 0.1) is 5.92 Å². The Hall–Kier alpha value is -1.06. The molecule has 0 spiro atoms. The van der Waals surface area contributed by atoms with Crippen molar-refractivity contribution in [3.63, 3.8) is 0 Å². The highest BCUT2D eigenvalue weighted by molar-refractivity contribution is 6.30. The van der Waals surface area contributed by atoms with Crippen molar-refractivity contribution in [1.29, 1.82) is 0 Å². The Balaban J connectivity index is 1.57. The van der Waals surface area contributed by atoms with Crippen LogP contribution in [0.25, 0.3) is 0 Å². The second-order valence-corrected chi connectivity index (χ2v) is 7.03. The third-order valence-electron chi connectivity index (χ3n) is 4.82. The van der Waals surface area contributed by atoms with Crippen molar-refractivity contribution in [2.24, 2.45) is 5.92 Å². The fourth-order valence-electron chi connectivity index (χ4n) is 3.67. The van der Waals surface area contributed by atoms with Gasteiger partial charge in [0.1, 0.15) is 0 Å². The molecule has 0 aliphatic carbocycles. The average Bonchev–Trinajstić information content (AvgIpc) is 2.55. The number of hydrogen-bond acceptors (Lipinski definition) is 2. The summed E-state index contributed by atoms with van der Waals surface area (Å²) >= 11 is 6.06. The number of halogens is 1. The molecule has 2 heterocycles. The number of rotatable bonds is 3. The van der Waals surface area contributed by atoms with Gasteiger partial charge in [0, 0.05) is 31.2 Å². The molecule has 22 heavy (non-hydrogen) atoms. The SMILES string of the molecule is O=C([C@@H]1CCCN(Cc2cccc(Cl)c2)C1)N1CCCCC1. The highest BCUT2D eigenvalue weighted by Crippen LogP contribution is 2.23. The standard InChI is InChI=1S/C18H25ClN2O/c19-17-8-4-6-15(12-17)13-20-9-5-7-16(14-20)18(22)21-10-2-1-3-11-21/h4,6,8,12,16H,1-3,5,7,9-11,13-14H2/t16-/m1/s1. The first-order valence-electron chi connectivity index (χ1n) is 8.48. The summed E-state index contributed by atoms with van der Waals surface area (Å²) in [7, 11) is 0. The lowest BCUT2D eigenvalue weighted by Gasteiger charge is -2.36. The zero-order valence-electron chi connectivity index (χ0n) is 13.1. The second-order valence-electron chi connectivity index (χ2n) is 6.59. The lowest BCUT2D eigenvalue weighted by atomic mass is 9.95. The van der Waals surface area contributed by atoms with E-state index in [0.29, 0.717) is 5.91 Å². The molecule has 2 saturated heterocycles. The molecule has 0 aromatic heterocycles. The topological polar surface area (TPSA) is 23.6 Å². The van der Waals surface area contributed by atoms with E-state index in [4.69, 9.17) is 11.6 Å². The third-order valence-corrected chi connectivity index (χ3v) is 5.05. The fraction of sp³-hybridized carbons (Fsp3) is 0.611. The quantitative estimate of drug-likeness (QED) is 0.850. The van der Waals surface area contributed by atoms with Gasteiger partial charge in [0.25, 0.3) is 0 Å². The number of benzene rings is 1. The number of piperidine rings is 2. The van der Waals surface area contributed by atoms with Crippen LogP contribution in [0.3, 0.4) is 0 Å². The number of carbonyl (C=O) groups excluding carboxylic acids is 1. The number of carbonyl (C=O) groups is 1. The van der Waals surface area contributed by atoms with E-state index in [-0.39, 0.29) is 5.92 Å². The molecule has 0 saturated carbocycles. The molecule has 0 radical (unpaired) electrons. The van der Waals surface area contributed by atoms with Crippen LogP contribution in [0.1, 0.15) is 37.7 Å². The number of amides is 1. The first kappa shape index (κ1) is 15.8. The van der Waals surface area contributed by atoms with Gasteiger partial charge in [-0.15, -0.1) is 0 Å². The van der Waals surface area contributed by atoms with E-state index < -0.39 is 0 Å². The number of nitrogens with zero attached hydrogens (tertiary/aromatic N) is 2. The molecular weight excluding hydrogens is 296 g/mol. The van der Waals surface area contributed by atoms with Gasteiger partial charge in [0.2, 0.25) is 5.91 Å². The predicted molar refractivity (Wildman–Crippen MR) is 89.9 cm³/mol. The van der Waals surface area contributed by atoms with Crippen molar-refractivity contribution >= 4 is 17.5 Å². The van der Waals surface area contributed by atoms with Gasteiger partial charge in [-0.05, 0) is 56.3 Å². The molecule has 1 atom stereocenters. The van der Waals surface area contributed by atoms with Crippen LogP contribution in [0.4, 0.5) is 0 Å². The maximum atomic E-state index is 12.7. The molecule has 1 amide bonds. The smallest absolute Gasteiger partial charge is 0.226 e. The summed E-state index contributed by atoms with van der Waals surface area (Å²) in [5.41, 5.74) is 1.23. The molecule has 2 fully saturated rings. The van der Waals surface area contributed by atoms with Gasteiger partial charge in [-0.2, -0.15) is 0 Å². The molecule has 3 rings (SSSR count). The minimum Gasteiger partial charge on any atom is -0.342 e. The Labute approximate surface area is 138 Å². The number of hydrogen-bond donors (Lipinski definition) is 0. The lowest BCUT2D eigenvalue weighted by molar-refractivity contribution is -0.138. The van der Waals surface area contributed by atoms with E-state index in [0.717, 1.165) is 50.6 Å². The van der Waals surface area contributed by atoms with E-state index >= 15 is 0 Å². The summed E-state index contributed by atoms with van der Waals surface area (Å²) in [4.78, 5) is 17.2. The van der Waals surface area contributed by atoms with E-state index in [9.17, 15) is 4.79 Å². The Morgan fingerprint density at radius 3 is 2.73 bits per heavy atom. The molecule has 1 aromatic carbocycles. The Kier molecular flexibility index (Phi) is 5.37. The van der Waals surface area contributed by atoms with Crippen molar-refractivity contribution in [2.75, 3.05) is 26.2 Å². The van der Waals surface area contributed by atoms with E-state index in [1.54, 1.807) is 0 Å². The van der Waals surface area contributed by atoms with E-state index in [1.807, 2.05) is 18.2 Å². The monoisotopic (exact) mass is 320 g/mol. The molecule has 1 aromatic rings. The highest BCUT2D eigenvalue weighted by atomic mass is 35.5. The molecule has 4 heteroatoms. The van der Waals surface area contributed by atoms with Crippen molar-refractivity contribution in [2.45, 2.75) is 38.6 Å². The molecule has 0 N–H and O–H groups in total. The van der Waals surface area contributed by atoms with Gasteiger partial charge in [-0.1, -0.05) is 23.7 Å². The summed E-state index contributed by atoms with van der Waals surface area (Å²) in [6.45, 7) is 4.79. The average molecular weight is 321 g/mol. The number of likely N-dealkylation sites (tertiary alicyclic amines) is 2. The summed E-state index contributed by atoms with van der Waals surface area (Å²) in [6, 6.07) is 8.04. The van der Waals surface area contributed by atoms with Gasteiger partial charge in [-0.3, -0.25) is 9.69 Å². The van der Waals surface area contributed by atoms with Crippen LogP contribution >= 0.6 is 11.6 Å². The van der Waals surface area contributed by atoms with Crippen LogP contribution in [0.5, 0.6) is 0 Å². The Bertz CT molecular complexity index is 514. The fourth-order valence-corrected chi connectivity index (χ4v) is 3.88. The summed E-state index contributed by atoms with van der Waals surface area (Å²) in [6.07, 6.45) is 5.77. The molecule has 0 unspecified atom stereocenters. The molecule has 120 valence electrons. The maximum absolute atomic E-state index is 12.7. The summed E-state index contributed by atoms with van der Waals surface area (Å²) in [5.74, 6) is 0.571. The van der Waals surface area contributed by atoms with Crippen LogP contribution in [-0.2, 0) is 11.3 Å². The van der Waals surface area contributed by atoms with Crippen LogP contribution in [0.15, 0.2) is 24.3 Å². The molecule has 0 bridgehead atoms. The van der Waals surface area contributed by atoms with Crippen LogP contribution < -0.4 is 0 Å². The summed E-state index contributed by atoms with van der Waals surface area (Å²) in [5, 5.41) is 0.787. The van der Waals surface area contributed by atoms with E-state index in [1.165, 1.54) is 24.8 Å². The Morgan fingerprint density at radius 1 is 1.14 bits per heavy atom. The zero-order valence-corrected chi connectivity index (χ0v) is 13.9. The van der Waals surface area contributed by atoms with Gasteiger partial charge >= 0.3 is 0 Å². The first-order chi connectivity index (χ1) is 10.7. The van der Waals surface area contributed by atoms with Crippen molar-refractivity contribution in [1.82, 2.24) is 9.80 Å². The molecule has 3 nitrogen and oxygen atoms in total. The van der Waals surface area contributed by atoms with E-state index in [2.05, 4.69) is 15.9 Å². The normalized spacial score (nSPS) is 23.5. The molecule has 2 aliphatic heterocycles. The third kappa shape index (κ3) is 4.02. The molecular formula is C18H25ClN2O. The van der Waals surface area contributed by atoms with Crippen molar-refractivity contribution in [3.8, 4) is 0 Å². The highest BCUT2D eigenvalue weighted by Gasteiger charge is 2.29. The first-order valence-corrected chi connectivity index (χ1v) is 8.86. The zero-order chi connectivity index (χ0) is 15.4. The van der Waals surface area contributed by atoms with Gasteiger partial charge in [0.15, 0.2) is 0 Å². The second kappa shape index (κ2) is 7.47. The van der Waals surface area contributed by atoms with Gasteiger partial charge < -0.3 is 4.90 Å².